The maximum absolute atomic E-state index is 11.2. The van der Waals surface area contributed by atoms with E-state index < -0.39 is 36.9 Å². The second-order valence-corrected chi connectivity index (χ2v) is 5.81. The van der Waals surface area contributed by atoms with Crippen LogP contribution in [-0.4, -0.2) is 14.8 Å². The lowest BCUT2D eigenvalue weighted by atomic mass is 9.86. The molecule has 0 amide bonds. The number of nitro groups is 2. The Hall–Kier alpha value is -0.850. The third-order valence-electron chi connectivity index (χ3n) is 3.47. The number of halogens is 3. The van der Waals surface area contributed by atoms with Crippen molar-refractivity contribution in [2.75, 3.05) is 0 Å². The molecule has 1 saturated carbocycles. The van der Waals surface area contributed by atoms with E-state index >= 15 is 0 Å². The first-order chi connectivity index (χ1) is 8.30. The lowest BCUT2D eigenvalue weighted by Crippen LogP contribution is -2.45. The van der Waals surface area contributed by atoms with Crippen LogP contribution in [0.2, 0.25) is 0 Å². The number of hydrogen-bond donors (Lipinski definition) is 0. The maximum atomic E-state index is 11.2. The number of allylic oxidation sites excluding steroid dienone is 1. The quantitative estimate of drug-likeness (QED) is 0.263. The van der Waals surface area contributed by atoms with Crippen molar-refractivity contribution in [1.82, 2.24) is 0 Å². The molecule has 2 aliphatic rings. The van der Waals surface area contributed by atoms with E-state index in [1.807, 2.05) is 0 Å². The normalized spacial score (nSPS) is 36.7. The molecule has 2 rings (SSSR count). The van der Waals surface area contributed by atoms with Gasteiger partial charge in [0.25, 0.3) is 5.70 Å². The van der Waals surface area contributed by atoms with E-state index in [4.69, 9.17) is 34.8 Å². The largest absolute Gasteiger partial charge is 0.314 e. The molecule has 0 N–H and O–H groups in total. The number of nitrogens with zero attached hydrogens (tertiary/aromatic N) is 2. The fourth-order valence-electron chi connectivity index (χ4n) is 2.75. The van der Waals surface area contributed by atoms with Crippen LogP contribution in [0.4, 0.5) is 0 Å². The first kappa shape index (κ1) is 13.6. The van der Waals surface area contributed by atoms with E-state index in [0.29, 0.717) is 6.42 Å². The smallest absolute Gasteiger partial charge is 0.263 e. The zero-order chi connectivity index (χ0) is 13.7. The van der Waals surface area contributed by atoms with Crippen LogP contribution < -0.4 is 0 Å². The van der Waals surface area contributed by atoms with E-state index in [9.17, 15) is 20.2 Å². The SMILES string of the molecule is O=[N+]([O-])C(=C(Cl)Cl)C1C2C=CC(C2)C1(Cl)[N+](=O)[O-]. The Bertz CT molecular complexity index is 488. The molecular weight excluding hydrogens is 306 g/mol. The minimum Gasteiger partial charge on any atom is -0.263 e. The van der Waals surface area contributed by atoms with E-state index in [1.54, 1.807) is 12.2 Å². The van der Waals surface area contributed by atoms with Gasteiger partial charge in [0.1, 0.15) is 5.92 Å². The van der Waals surface area contributed by atoms with Crippen molar-refractivity contribution in [3.8, 4) is 0 Å². The third-order valence-corrected chi connectivity index (χ3v) is 4.51. The Morgan fingerprint density at radius 2 is 1.89 bits per heavy atom. The zero-order valence-corrected chi connectivity index (χ0v) is 11.0. The lowest BCUT2D eigenvalue weighted by Gasteiger charge is -2.26. The maximum Gasteiger partial charge on any atom is 0.314 e. The molecule has 1 fully saturated rings. The Kier molecular flexibility index (Phi) is 3.29. The highest BCUT2D eigenvalue weighted by molar-refractivity contribution is 6.56. The van der Waals surface area contributed by atoms with Crippen molar-refractivity contribution in [1.29, 1.82) is 0 Å². The van der Waals surface area contributed by atoms with Crippen molar-refractivity contribution in [2.45, 2.75) is 11.4 Å². The summed E-state index contributed by atoms with van der Waals surface area (Å²) in [5.74, 6) is -2.05. The topological polar surface area (TPSA) is 86.3 Å². The number of hydrogen-bond acceptors (Lipinski definition) is 4. The minimum absolute atomic E-state index is 0.384. The van der Waals surface area contributed by atoms with Crippen LogP contribution in [0.1, 0.15) is 6.42 Å². The van der Waals surface area contributed by atoms with Gasteiger partial charge in [-0.25, -0.2) is 0 Å². The van der Waals surface area contributed by atoms with Gasteiger partial charge >= 0.3 is 5.00 Å². The summed E-state index contributed by atoms with van der Waals surface area (Å²) >= 11 is 17.0. The molecular formula is C9H7Cl3N2O4. The highest BCUT2D eigenvalue weighted by atomic mass is 35.5. The van der Waals surface area contributed by atoms with Crippen LogP contribution in [0.25, 0.3) is 0 Å². The van der Waals surface area contributed by atoms with Gasteiger partial charge in [-0.2, -0.15) is 0 Å². The van der Waals surface area contributed by atoms with Crippen molar-refractivity contribution in [2.24, 2.45) is 17.8 Å². The summed E-state index contributed by atoms with van der Waals surface area (Å²) in [6.07, 6.45) is 3.71. The van der Waals surface area contributed by atoms with Crippen LogP contribution in [0.15, 0.2) is 22.3 Å². The standard InChI is InChI=1S/C9H7Cl3N2O4/c10-8(11)7(13(15)16)6-4-1-2-5(3-4)9(6,12)14(17)18/h1-2,4-6H,3H2. The summed E-state index contributed by atoms with van der Waals surface area (Å²) < 4.78 is -0.585. The van der Waals surface area contributed by atoms with Crippen LogP contribution >= 0.6 is 34.8 Å². The highest BCUT2D eigenvalue weighted by Gasteiger charge is 2.69. The summed E-state index contributed by atoms with van der Waals surface area (Å²) in [5, 5.41) is 22.2. The van der Waals surface area contributed by atoms with Crippen molar-refractivity contribution in [3.05, 3.63) is 42.6 Å². The van der Waals surface area contributed by atoms with Gasteiger partial charge in [0.2, 0.25) is 0 Å². The molecule has 0 aromatic rings. The number of alkyl halides is 1. The van der Waals surface area contributed by atoms with Crippen molar-refractivity contribution < 1.29 is 9.85 Å². The molecule has 2 aliphatic carbocycles. The Morgan fingerprint density at radius 1 is 1.28 bits per heavy atom. The molecule has 0 aromatic carbocycles. The predicted molar refractivity (Wildman–Crippen MR) is 65.5 cm³/mol. The van der Waals surface area contributed by atoms with Gasteiger partial charge in [-0.3, -0.25) is 20.2 Å². The Balaban J connectivity index is 2.56. The molecule has 0 spiro atoms. The molecule has 0 aliphatic heterocycles. The zero-order valence-electron chi connectivity index (χ0n) is 8.76. The van der Waals surface area contributed by atoms with Gasteiger partial charge in [-0.1, -0.05) is 35.4 Å². The average Bonchev–Trinajstić information content (AvgIpc) is 2.80. The average molecular weight is 314 g/mol. The van der Waals surface area contributed by atoms with Crippen LogP contribution in [0, 0.1) is 38.0 Å². The van der Waals surface area contributed by atoms with Crippen molar-refractivity contribution in [3.63, 3.8) is 0 Å². The van der Waals surface area contributed by atoms with E-state index in [1.165, 1.54) is 0 Å². The van der Waals surface area contributed by atoms with Crippen molar-refractivity contribution >= 4 is 34.8 Å². The predicted octanol–water partition coefficient (Wildman–Crippen LogP) is 2.94. The van der Waals surface area contributed by atoms with Gasteiger partial charge in [0, 0.05) is 4.92 Å². The summed E-state index contributed by atoms with van der Waals surface area (Å²) in [6.45, 7) is 0. The molecule has 6 nitrogen and oxygen atoms in total. The number of rotatable bonds is 3. The van der Waals surface area contributed by atoms with E-state index in [2.05, 4.69) is 0 Å². The summed E-state index contributed by atoms with van der Waals surface area (Å²) in [6, 6.07) is 0. The molecule has 18 heavy (non-hydrogen) atoms. The van der Waals surface area contributed by atoms with Gasteiger partial charge in [-0.15, -0.1) is 0 Å². The first-order valence-corrected chi connectivity index (χ1v) is 6.14. The second-order valence-electron chi connectivity index (χ2n) is 4.26. The molecule has 0 aromatic heterocycles. The molecule has 4 unspecified atom stereocenters. The monoisotopic (exact) mass is 312 g/mol. The van der Waals surface area contributed by atoms with Gasteiger partial charge < -0.3 is 0 Å². The molecule has 0 heterocycles. The van der Waals surface area contributed by atoms with Gasteiger partial charge in [0.05, 0.1) is 10.8 Å². The third kappa shape index (κ3) is 1.71. The summed E-state index contributed by atoms with van der Waals surface area (Å²) in [5.41, 5.74) is -0.582. The molecule has 4 atom stereocenters. The van der Waals surface area contributed by atoms with Crippen LogP contribution in [0.5, 0.6) is 0 Å². The minimum atomic E-state index is -1.95. The molecule has 9 heteroatoms. The highest BCUT2D eigenvalue weighted by Crippen LogP contribution is 2.57. The fourth-order valence-corrected chi connectivity index (χ4v) is 3.55. The van der Waals surface area contributed by atoms with Gasteiger partial charge in [0.15, 0.2) is 4.49 Å². The van der Waals surface area contributed by atoms with Gasteiger partial charge in [-0.05, 0) is 23.9 Å². The Labute approximate surface area is 116 Å². The second kappa shape index (κ2) is 4.36. The summed E-state index contributed by atoms with van der Waals surface area (Å²) in [4.78, 5) is 18.7. The Morgan fingerprint density at radius 3 is 2.33 bits per heavy atom. The van der Waals surface area contributed by atoms with E-state index in [-0.39, 0.29) is 5.92 Å². The first-order valence-electron chi connectivity index (χ1n) is 5.01. The summed E-state index contributed by atoms with van der Waals surface area (Å²) in [7, 11) is 0. The lowest BCUT2D eigenvalue weighted by molar-refractivity contribution is -0.562. The molecule has 0 radical (unpaired) electrons. The van der Waals surface area contributed by atoms with Crippen LogP contribution in [-0.2, 0) is 0 Å². The molecule has 0 saturated heterocycles. The fraction of sp³-hybridized carbons (Fsp3) is 0.556. The molecule has 2 bridgehead atoms. The number of fused-ring (bicyclic) bond motifs is 2. The van der Waals surface area contributed by atoms with Crippen LogP contribution in [0.3, 0.4) is 0 Å². The van der Waals surface area contributed by atoms with E-state index in [0.717, 1.165) is 0 Å². The molecule has 98 valence electrons.